The third kappa shape index (κ3) is 4.35. The van der Waals surface area contributed by atoms with E-state index >= 15 is 0 Å². The molecular formula is C14H15FN2O5S. The Kier molecular flexibility index (Phi) is 5.43. The first-order valence-electron chi connectivity index (χ1n) is 6.97. The lowest BCUT2D eigenvalue weighted by atomic mass is 9.87. The lowest BCUT2D eigenvalue weighted by Crippen LogP contribution is -2.32. The molecule has 2 amide bonds. The fourth-order valence-electron chi connectivity index (χ4n) is 2.39. The Morgan fingerprint density at radius 3 is 2.61 bits per heavy atom. The Morgan fingerprint density at radius 2 is 1.96 bits per heavy atom. The molecule has 0 aliphatic heterocycles. The molecule has 0 radical (unpaired) electrons. The van der Waals surface area contributed by atoms with Crippen molar-refractivity contribution in [1.82, 2.24) is 4.72 Å². The molecule has 1 aromatic carbocycles. The van der Waals surface area contributed by atoms with Gasteiger partial charge in [-0.3, -0.25) is 19.1 Å². The van der Waals surface area contributed by atoms with Crippen LogP contribution in [0.4, 0.5) is 10.1 Å². The molecule has 1 fully saturated rings. The number of hydrogen-bond acceptors (Lipinski definition) is 5. The molecule has 1 saturated carbocycles. The van der Waals surface area contributed by atoms with E-state index in [2.05, 4.69) is 5.32 Å². The van der Waals surface area contributed by atoms with Crippen LogP contribution in [0.25, 0.3) is 0 Å². The monoisotopic (exact) mass is 342 g/mol. The number of hydrogen-bond donors (Lipinski definition) is 3. The molecular weight excluding hydrogens is 327 g/mol. The molecule has 9 heteroatoms. The van der Waals surface area contributed by atoms with Gasteiger partial charge in [0, 0.05) is 12.0 Å². The minimum atomic E-state index is -3.14. The number of anilines is 1. The zero-order valence-corrected chi connectivity index (χ0v) is 12.9. The minimum absolute atomic E-state index is 0.129. The van der Waals surface area contributed by atoms with Crippen LogP contribution in [-0.4, -0.2) is 26.0 Å². The topological polar surface area (TPSA) is 109 Å². The van der Waals surface area contributed by atoms with E-state index in [1.807, 2.05) is 0 Å². The molecule has 1 aliphatic carbocycles. The highest BCUT2D eigenvalue weighted by molar-refractivity contribution is 7.71. The van der Waals surface area contributed by atoms with Crippen LogP contribution in [0.2, 0.25) is 0 Å². The van der Waals surface area contributed by atoms with Gasteiger partial charge in [0.1, 0.15) is 11.6 Å². The summed E-state index contributed by atoms with van der Waals surface area (Å²) in [4.78, 5) is 35.4. The van der Waals surface area contributed by atoms with E-state index in [0.29, 0.717) is 12.8 Å². The number of rotatable bonds is 4. The fraction of sp³-hybridized carbons (Fsp3) is 0.357. The van der Waals surface area contributed by atoms with Crippen molar-refractivity contribution in [3.05, 3.63) is 29.6 Å². The molecule has 23 heavy (non-hydrogen) atoms. The van der Waals surface area contributed by atoms with E-state index in [-0.39, 0.29) is 17.0 Å². The molecule has 1 aliphatic rings. The Bertz CT molecular complexity index is 724. The molecule has 1 atom stereocenters. The van der Waals surface area contributed by atoms with Crippen LogP contribution < -0.4 is 10.0 Å². The fourth-order valence-corrected chi connectivity index (χ4v) is 2.68. The second-order valence-electron chi connectivity index (χ2n) is 5.15. The summed E-state index contributed by atoms with van der Waals surface area (Å²) < 4.78 is 36.4. The van der Waals surface area contributed by atoms with Crippen LogP contribution in [0, 0.1) is 11.7 Å². The van der Waals surface area contributed by atoms with Crippen molar-refractivity contribution in [2.45, 2.75) is 25.7 Å². The smallest absolute Gasteiger partial charge is 0.264 e. The maximum Gasteiger partial charge on any atom is 0.264 e. The number of Topliss-reactive ketones (excluding diaryl/α,β-unsaturated/α-hetero) is 1. The predicted octanol–water partition coefficient (Wildman–Crippen LogP) is 0.780. The van der Waals surface area contributed by atoms with Crippen molar-refractivity contribution < 1.29 is 27.2 Å². The average molecular weight is 342 g/mol. The third-order valence-electron chi connectivity index (χ3n) is 3.55. The van der Waals surface area contributed by atoms with Crippen LogP contribution in [0.1, 0.15) is 36.0 Å². The normalized spacial score (nSPS) is 17.8. The van der Waals surface area contributed by atoms with Gasteiger partial charge in [0.05, 0.1) is 11.6 Å². The molecule has 0 saturated heterocycles. The lowest BCUT2D eigenvalue weighted by molar-refractivity contribution is -0.132. The largest absolute Gasteiger partial charge is 0.323 e. The van der Waals surface area contributed by atoms with Gasteiger partial charge in [0.25, 0.3) is 5.91 Å². The highest BCUT2D eigenvalue weighted by Crippen LogP contribution is 2.23. The zero-order chi connectivity index (χ0) is 17.0. The van der Waals surface area contributed by atoms with Crippen LogP contribution >= 0.6 is 0 Å². The van der Waals surface area contributed by atoms with E-state index in [9.17, 15) is 27.2 Å². The minimum Gasteiger partial charge on any atom is -0.323 e. The molecule has 1 unspecified atom stereocenters. The first-order valence-corrected chi connectivity index (χ1v) is 8.14. The van der Waals surface area contributed by atoms with Crippen LogP contribution in [0.3, 0.4) is 0 Å². The number of carbonyl (C=O) groups is 3. The summed E-state index contributed by atoms with van der Waals surface area (Å²) in [6.45, 7) is 0. The Balaban J connectivity index is 2.17. The van der Waals surface area contributed by atoms with Crippen LogP contribution in [-0.2, 0) is 20.5 Å². The number of benzene rings is 1. The van der Waals surface area contributed by atoms with Gasteiger partial charge in [-0.05, 0) is 31.0 Å². The quantitative estimate of drug-likeness (QED) is 0.553. The molecule has 7 nitrogen and oxygen atoms in total. The van der Waals surface area contributed by atoms with E-state index < -0.39 is 34.4 Å². The van der Waals surface area contributed by atoms with Gasteiger partial charge >= 0.3 is 0 Å². The molecule has 2 N–H and O–H groups in total. The van der Waals surface area contributed by atoms with Crippen molar-refractivity contribution in [3.63, 3.8) is 0 Å². The van der Waals surface area contributed by atoms with Gasteiger partial charge in [-0.25, -0.2) is 12.8 Å². The Labute approximate surface area is 133 Å². The Morgan fingerprint density at radius 1 is 1.22 bits per heavy atom. The highest BCUT2D eigenvalue weighted by Gasteiger charge is 2.29. The number of carbonyl (C=O) groups excluding carboxylic acids is 3. The maximum atomic E-state index is 13.8. The van der Waals surface area contributed by atoms with Gasteiger partial charge in [0.2, 0.25) is 16.8 Å². The summed E-state index contributed by atoms with van der Waals surface area (Å²) in [7, 11) is -3.14. The van der Waals surface area contributed by atoms with Crippen LogP contribution in [0.5, 0.6) is 0 Å². The third-order valence-corrected chi connectivity index (χ3v) is 3.94. The highest BCUT2D eigenvalue weighted by atomic mass is 32.2. The van der Waals surface area contributed by atoms with Crippen molar-refractivity contribution in [1.29, 1.82) is 0 Å². The standard InChI is InChI=1S/C14H15FN2O5S/c15-10-6-5-8(13(19)17-23(21)22)7-11(10)16-14(20)9-3-1-2-4-12(9)18/h5-7,9,23H,1-4H2,(H,16,20)(H,17,19,21,22). The lowest BCUT2D eigenvalue weighted by Gasteiger charge is -2.20. The summed E-state index contributed by atoms with van der Waals surface area (Å²) in [6, 6.07) is 3.05. The number of ketones is 1. The van der Waals surface area contributed by atoms with E-state index in [1.54, 1.807) is 4.72 Å². The second kappa shape index (κ2) is 7.32. The number of thiol groups is 1. The first kappa shape index (κ1) is 17.1. The van der Waals surface area contributed by atoms with E-state index in [4.69, 9.17) is 0 Å². The number of nitrogens with one attached hydrogen (secondary N) is 2. The summed E-state index contributed by atoms with van der Waals surface area (Å²) in [6.07, 6.45) is 2.20. The molecule has 124 valence electrons. The van der Waals surface area contributed by atoms with Crippen molar-refractivity contribution in [2.75, 3.05) is 5.32 Å². The van der Waals surface area contributed by atoms with E-state index in [0.717, 1.165) is 31.0 Å². The van der Waals surface area contributed by atoms with Crippen molar-refractivity contribution >= 4 is 34.2 Å². The summed E-state index contributed by atoms with van der Waals surface area (Å²) in [5.41, 5.74) is -0.405. The van der Waals surface area contributed by atoms with Crippen molar-refractivity contribution in [3.8, 4) is 0 Å². The summed E-state index contributed by atoms with van der Waals surface area (Å²) in [5.74, 6) is -3.36. The SMILES string of the molecule is O=C(N[SH](=O)=O)c1ccc(F)c(NC(=O)C2CCCCC2=O)c1. The van der Waals surface area contributed by atoms with Gasteiger partial charge < -0.3 is 5.32 Å². The van der Waals surface area contributed by atoms with Crippen molar-refractivity contribution in [2.24, 2.45) is 5.92 Å². The van der Waals surface area contributed by atoms with Gasteiger partial charge in [-0.15, -0.1) is 0 Å². The van der Waals surface area contributed by atoms with Crippen LogP contribution in [0.15, 0.2) is 18.2 Å². The summed E-state index contributed by atoms with van der Waals surface area (Å²) in [5, 5.41) is 2.29. The van der Waals surface area contributed by atoms with Gasteiger partial charge in [0.15, 0.2) is 0 Å². The molecule has 1 aromatic rings. The Hall–Kier alpha value is -2.29. The molecule has 0 aromatic heterocycles. The van der Waals surface area contributed by atoms with Gasteiger partial charge in [-0.2, -0.15) is 0 Å². The molecule has 0 heterocycles. The second-order valence-corrected chi connectivity index (χ2v) is 5.88. The summed E-state index contributed by atoms with van der Waals surface area (Å²) >= 11 is 0. The predicted molar refractivity (Wildman–Crippen MR) is 79.8 cm³/mol. The molecule has 0 bridgehead atoms. The van der Waals surface area contributed by atoms with E-state index in [1.165, 1.54) is 0 Å². The average Bonchev–Trinajstić information content (AvgIpc) is 2.49. The molecule has 2 rings (SSSR count). The molecule has 0 spiro atoms. The first-order chi connectivity index (χ1) is 10.9. The number of halogens is 1. The number of amides is 2. The zero-order valence-electron chi connectivity index (χ0n) is 12.0. The maximum absolute atomic E-state index is 13.8. The van der Waals surface area contributed by atoms with Gasteiger partial charge in [-0.1, -0.05) is 6.42 Å².